The van der Waals surface area contributed by atoms with Crippen LogP contribution in [0.3, 0.4) is 0 Å². The van der Waals surface area contributed by atoms with E-state index in [1.54, 1.807) is 13.2 Å². The van der Waals surface area contributed by atoms with Crippen LogP contribution in [0.2, 0.25) is 0 Å². The van der Waals surface area contributed by atoms with Crippen molar-refractivity contribution in [3.63, 3.8) is 0 Å². The van der Waals surface area contributed by atoms with Gasteiger partial charge in [-0.25, -0.2) is 0 Å². The summed E-state index contributed by atoms with van der Waals surface area (Å²) in [6.07, 6.45) is -0.965. The Bertz CT molecular complexity index is 1360. The molecule has 3 heterocycles. The summed E-state index contributed by atoms with van der Waals surface area (Å²) in [5, 5.41) is 25.1. The Hall–Kier alpha value is -3.37. The number of hydrogen-bond acceptors (Lipinski definition) is 9. The largest absolute Gasteiger partial charge is 0.481 e. The molecule has 1 saturated carbocycles. The zero-order valence-electron chi connectivity index (χ0n) is 23.6. The number of benzene rings is 2. The van der Waals surface area contributed by atoms with Gasteiger partial charge in [-0.05, 0) is 37.4 Å². The Morgan fingerprint density at radius 2 is 1.73 bits per heavy atom. The highest BCUT2D eigenvalue weighted by Crippen LogP contribution is 2.70. The van der Waals surface area contributed by atoms with Gasteiger partial charge in [0.1, 0.15) is 5.75 Å². The molecule has 9 nitrogen and oxygen atoms in total. The lowest BCUT2D eigenvalue weighted by atomic mass is 9.70. The number of anilines is 1. The van der Waals surface area contributed by atoms with Gasteiger partial charge in [0.2, 0.25) is 11.8 Å². The second kappa shape index (κ2) is 9.92. The molecule has 9 heteroatoms. The summed E-state index contributed by atoms with van der Waals surface area (Å²) in [6, 6.07) is 19.8. The maximum absolute atomic E-state index is 13.0. The topological polar surface area (TPSA) is 96.8 Å². The minimum absolute atomic E-state index is 0.165. The fourth-order valence-corrected chi connectivity index (χ4v) is 7.01. The van der Waals surface area contributed by atoms with Crippen molar-refractivity contribution >= 4 is 5.69 Å². The summed E-state index contributed by atoms with van der Waals surface area (Å²) in [5.74, 6) is 0.0553. The van der Waals surface area contributed by atoms with Crippen molar-refractivity contribution in [2.45, 2.75) is 29.3 Å². The van der Waals surface area contributed by atoms with E-state index in [-0.39, 0.29) is 17.9 Å². The van der Waals surface area contributed by atoms with Crippen molar-refractivity contribution in [1.82, 2.24) is 9.88 Å². The van der Waals surface area contributed by atoms with Gasteiger partial charge in [-0.15, -0.1) is 0 Å². The molecule has 1 aliphatic carbocycles. The van der Waals surface area contributed by atoms with E-state index in [1.165, 1.54) is 14.2 Å². The minimum atomic E-state index is -1.87. The lowest BCUT2D eigenvalue weighted by molar-refractivity contribution is -0.152. The monoisotopic (exact) mass is 547 g/mol. The van der Waals surface area contributed by atoms with Gasteiger partial charge >= 0.3 is 0 Å². The van der Waals surface area contributed by atoms with Gasteiger partial charge in [0, 0.05) is 50.3 Å². The van der Waals surface area contributed by atoms with Crippen molar-refractivity contribution in [3.8, 4) is 17.5 Å². The van der Waals surface area contributed by atoms with Gasteiger partial charge in [0.15, 0.2) is 11.2 Å². The third-order valence-corrected chi connectivity index (χ3v) is 8.82. The molecule has 1 aromatic heterocycles. The van der Waals surface area contributed by atoms with Crippen molar-refractivity contribution in [2.75, 3.05) is 60.0 Å². The molecule has 3 aliphatic rings. The Morgan fingerprint density at radius 1 is 1.02 bits per heavy atom. The van der Waals surface area contributed by atoms with E-state index in [2.05, 4.69) is 9.88 Å². The number of aliphatic hydroxyl groups excluding tert-OH is 1. The summed E-state index contributed by atoms with van der Waals surface area (Å²) in [6.45, 7) is 2.18. The average molecular weight is 548 g/mol. The SMILES string of the molecule is COc1cc2c(c(OC)n1)[C@]1(O)[C@H](O)[C@H](CN(C)C)[C@@H](c3ccccc3)[C@]1(c1ccc(N3CC(OC)C3)cc1)O2. The van der Waals surface area contributed by atoms with Gasteiger partial charge in [-0.2, -0.15) is 4.98 Å². The molecule has 3 aromatic rings. The third-order valence-electron chi connectivity index (χ3n) is 8.82. The number of aliphatic hydroxyl groups is 2. The van der Waals surface area contributed by atoms with E-state index in [0.29, 0.717) is 23.7 Å². The molecule has 2 N–H and O–H groups in total. The molecule has 40 heavy (non-hydrogen) atoms. The van der Waals surface area contributed by atoms with Crippen LogP contribution in [0.5, 0.6) is 17.5 Å². The lowest BCUT2D eigenvalue weighted by Gasteiger charge is -2.42. The molecule has 1 saturated heterocycles. The Labute approximate surface area is 234 Å². The molecule has 0 unspecified atom stereocenters. The minimum Gasteiger partial charge on any atom is -0.481 e. The van der Waals surface area contributed by atoms with E-state index >= 15 is 0 Å². The third kappa shape index (κ3) is 3.72. The first-order valence-corrected chi connectivity index (χ1v) is 13.6. The second-order valence-electron chi connectivity index (χ2n) is 11.2. The van der Waals surface area contributed by atoms with Crippen LogP contribution >= 0.6 is 0 Å². The van der Waals surface area contributed by atoms with Crippen LogP contribution in [-0.4, -0.2) is 87.4 Å². The summed E-state index contributed by atoms with van der Waals surface area (Å²) < 4.78 is 23.5. The predicted molar refractivity (Wildman–Crippen MR) is 150 cm³/mol. The molecular weight excluding hydrogens is 510 g/mol. The van der Waals surface area contributed by atoms with Crippen LogP contribution in [0.4, 0.5) is 5.69 Å². The van der Waals surface area contributed by atoms with E-state index in [1.807, 2.05) is 73.6 Å². The zero-order chi connectivity index (χ0) is 28.2. The van der Waals surface area contributed by atoms with E-state index in [4.69, 9.17) is 18.9 Å². The van der Waals surface area contributed by atoms with Gasteiger partial charge < -0.3 is 39.0 Å². The molecule has 5 atom stereocenters. The molecule has 2 aromatic carbocycles. The van der Waals surface area contributed by atoms with Gasteiger partial charge in [0.05, 0.1) is 32.0 Å². The first-order valence-electron chi connectivity index (χ1n) is 13.6. The van der Waals surface area contributed by atoms with Gasteiger partial charge in [0.25, 0.3) is 0 Å². The maximum Gasteiger partial charge on any atom is 0.226 e. The Balaban J connectivity index is 1.58. The molecular formula is C31H37N3O6. The molecule has 0 radical (unpaired) electrons. The highest BCUT2D eigenvalue weighted by molar-refractivity contribution is 5.61. The first kappa shape index (κ1) is 26.8. The molecule has 0 spiro atoms. The molecule has 6 rings (SSSR count). The highest BCUT2D eigenvalue weighted by Gasteiger charge is 2.77. The Morgan fingerprint density at radius 3 is 2.33 bits per heavy atom. The number of pyridine rings is 1. The summed E-state index contributed by atoms with van der Waals surface area (Å²) >= 11 is 0. The fraction of sp³-hybridized carbons (Fsp3) is 0.452. The van der Waals surface area contributed by atoms with E-state index in [0.717, 1.165) is 29.9 Å². The molecule has 0 bridgehead atoms. The van der Waals surface area contributed by atoms with E-state index in [9.17, 15) is 10.2 Å². The van der Waals surface area contributed by atoms with Crippen molar-refractivity contribution in [2.24, 2.45) is 5.92 Å². The second-order valence-corrected chi connectivity index (χ2v) is 11.2. The smallest absolute Gasteiger partial charge is 0.226 e. The van der Waals surface area contributed by atoms with Crippen molar-refractivity contribution in [1.29, 1.82) is 0 Å². The van der Waals surface area contributed by atoms with E-state index < -0.39 is 23.2 Å². The van der Waals surface area contributed by atoms with Crippen LogP contribution in [0.25, 0.3) is 0 Å². The highest BCUT2D eigenvalue weighted by atomic mass is 16.5. The Kier molecular flexibility index (Phi) is 6.65. The van der Waals surface area contributed by atoms with Crippen LogP contribution in [0.1, 0.15) is 22.6 Å². The summed E-state index contributed by atoms with van der Waals surface area (Å²) in [4.78, 5) is 8.76. The molecule has 212 valence electrons. The van der Waals surface area contributed by atoms with Gasteiger partial charge in [-0.3, -0.25) is 0 Å². The average Bonchev–Trinajstić information content (AvgIpc) is 3.30. The number of methoxy groups -OCH3 is 3. The van der Waals surface area contributed by atoms with Crippen LogP contribution < -0.4 is 19.1 Å². The number of rotatable bonds is 8. The number of fused-ring (bicyclic) bond motifs is 3. The zero-order valence-corrected chi connectivity index (χ0v) is 23.6. The molecule has 0 amide bonds. The van der Waals surface area contributed by atoms with Crippen molar-refractivity contribution in [3.05, 3.63) is 77.4 Å². The number of hydrogen-bond donors (Lipinski definition) is 2. The van der Waals surface area contributed by atoms with Gasteiger partial charge in [-0.1, -0.05) is 42.5 Å². The van der Waals surface area contributed by atoms with Crippen LogP contribution in [0.15, 0.2) is 60.7 Å². The fourth-order valence-electron chi connectivity index (χ4n) is 7.01. The van der Waals surface area contributed by atoms with Crippen molar-refractivity contribution < 1.29 is 29.2 Å². The van der Waals surface area contributed by atoms with Crippen LogP contribution in [0, 0.1) is 5.92 Å². The molecule has 2 fully saturated rings. The number of ether oxygens (including phenoxy) is 4. The predicted octanol–water partition coefficient (Wildman–Crippen LogP) is 2.75. The standard InChI is InChI=1S/C31H37N3O6/c1-33(2)18-23-26(19-9-7-6-8-10-19)31(20-11-13-21(14-12-20)34-16-22(17-34)37-3)30(36,28(23)35)27-24(40-31)15-25(38-4)32-29(27)39-5/h6-15,22-23,26,28,35-36H,16-18H2,1-5H3/t23-,26-,28-,30+,31+/m1/s1. The first-order chi connectivity index (χ1) is 19.3. The summed E-state index contributed by atoms with van der Waals surface area (Å²) in [7, 11) is 8.68. The number of nitrogens with zero attached hydrogens (tertiary/aromatic N) is 3. The quantitative estimate of drug-likeness (QED) is 0.441. The maximum atomic E-state index is 13.0. The lowest BCUT2D eigenvalue weighted by Crippen LogP contribution is -2.52. The molecule has 2 aliphatic heterocycles. The van der Waals surface area contributed by atoms with Crippen LogP contribution in [-0.2, 0) is 15.9 Å². The summed E-state index contributed by atoms with van der Waals surface area (Å²) in [5.41, 5.74) is -0.123. The number of aromatic nitrogens is 1. The normalized spacial score (nSPS) is 29.1.